The number of benzene rings is 2. The molecule has 3 unspecified atom stereocenters. The number of carboxylic acid groups (broad SMARTS) is 1. The van der Waals surface area contributed by atoms with E-state index in [9.17, 15) is 44.5 Å². The first kappa shape index (κ1) is 75.0. The molecule has 7 rings (SSSR count). The zero-order chi connectivity index (χ0) is 63.8. The Balaban J connectivity index is 0.000000325. The quantitative estimate of drug-likeness (QED) is 0.0138. The number of fused-ring (bicyclic) bond motifs is 1. The van der Waals surface area contributed by atoms with Crippen LogP contribution in [0.3, 0.4) is 0 Å². The maximum Gasteiger partial charge on any atom is 0.328 e. The van der Waals surface area contributed by atoms with Crippen molar-refractivity contribution in [3.63, 3.8) is 0 Å². The Kier molecular flexibility index (Phi) is 34.4. The van der Waals surface area contributed by atoms with Gasteiger partial charge in [-0.2, -0.15) is 0 Å². The third kappa shape index (κ3) is 23.4. The van der Waals surface area contributed by atoms with Crippen LogP contribution in [0.2, 0.25) is 10.0 Å². The van der Waals surface area contributed by atoms with Gasteiger partial charge in [-0.25, -0.2) is 25.3 Å². The number of carbonyl (C=O) groups is 4. The number of methoxy groups -OCH3 is 2. The van der Waals surface area contributed by atoms with Crippen molar-refractivity contribution < 1.29 is 76.3 Å². The van der Waals surface area contributed by atoms with Crippen molar-refractivity contribution in [1.82, 2.24) is 19.8 Å². The topological polar surface area (TPSA) is 228 Å². The number of carbonyl (C=O) groups excluding carboxylic acids is 3. The van der Waals surface area contributed by atoms with E-state index in [2.05, 4.69) is 104 Å². The van der Waals surface area contributed by atoms with Gasteiger partial charge in [0.15, 0.2) is 9.67 Å². The number of likely N-dealkylation sites (tertiary alicyclic amines) is 2. The minimum absolute atomic E-state index is 0. The van der Waals surface area contributed by atoms with Gasteiger partial charge in [-0.05, 0) is 119 Å². The van der Waals surface area contributed by atoms with Crippen LogP contribution in [0.5, 0.6) is 0 Å². The molecule has 2 aromatic heterocycles. The van der Waals surface area contributed by atoms with E-state index in [1.54, 1.807) is 49.5 Å². The number of halogens is 2. The predicted octanol–water partition coefficient (Wildman–Crippen LogP) is 11.7. The van der Waals surface area contributed by atoms with E-state index in [4.69, 9.17) is 58.4 Å². The largest absolute Gasteiger partial charge is 0.478 e. The molecule has 2 N–H and O–H groups in total. The maximum atomic E-state index is 12.6. The summed E-state index contributed by atoms with van der Waals surface area (Å²) in [7, 11) is 2.55. The number of H-pyrrole nitrogens is 1. The van der Waals surface area contributed by atoms with Crippen LogP contribution in [0.4, 0.5) is 11.4 Å². The average Bonchev–Trinajstić information content (AvgIpc) is 3.44. The van der Waals surface area contributed by atoms with Crippen LogP contribution < -0.4 is 0 Å². The molecule has 4 aromatic rings. The Morgan fingerprint density at radius 1 is 0.818 bits per heavy atom. The molecule has 3 aliphatic heterocycles. The predicted molar refractivity (Wildman–Crippen MR) is 348 cm³/mol. The number of ether oxygens (including phenoxy) is 2. The summed E-state index contributed by atoms with van der Waals surface area (Å²) in [5.74, 6) is 22.9. The van der Waals surface area contributed by atoms with Gasteiger partial charge in [-0.1, -0.05) is 122 Å². The molecule has 26 heteroatoms. The van der Waals surface area contributed by atoms with Crippen molar-refractivity contribution in [2.24, 2.45) is 0 Å². The number of piperidine rings is 2. The molecule has 0 saturated carbocycles. The first-order chi connectivity index (χ1) is 41.9. The number of nitro groups is 2. The van der Waals surface area contributed by atoms with Crippen LogP contribution in [0.1, 0.15) is 43.0 Å². The summed E-state index contributed by atoms with van der Waals surface area (Å²) in [6.45, 7) is 3.67. The molecular formula is C62H47Cl2N6O11P2S4Y-. The summed E-state index contributed by atoms with van der Waals surface area (Å²) in [5, 5.41) is 32.7. The first-order valence-electron chi connectivity index (χ1n) is 24.8. The van der Waals surface area contributed by atoms with E-state index >= 15 is 0 Å². The molecule has 17 nitrogen and oxygen atoms in total. The number of nitrogens with zero attached hydrogens (tertiary/aromatic N) is 5. The maximum absolute atomic E-state index is 12.6. The summed E-state index contributed by atoms with van der Waals surface area (Å²) in [5.41, 5.74) is 14.4. The van der Waals surface area contributed by atoms with E-state index in [1.165, 1.54) is 67.2 Å². The fourth-order valence-corrected chi connectivity index (χ4v) is 15.4. The molecule has 3 aliphatic rings. The molecule has 2 saturated heterocycles. The van der Waals surface area contributed by atoms with E-state index in [-0.39, 0.29) is 81.9 Å². The number of pyridine rings is 2. The van der Waals surface area contributed by atoms with Crippen molar-refractivity contribution in [3.8, 4) is 108 Å². The Bertz CT molecular complexity index is 3870. The minimum atomic E-state index is -1.32. The number of thioether (sulfide) groups is 1. The fourth-order valence-electron chi connectivity index (χ4n) is 7.97. The molecule has 0 aliphatic carbocycles. The van der Waals surface area contributed by atoms with Gasteiger partial charge >= 0.3 is 29.3 Å². The smallest absolute Gasteiger partial charge is 0.328 e. The summed E-state index contributed by atoms with van der Waals surface area (Å²) in [6, 6.07) is 18.7. The monoisotopic (exact) mass is 1400 g/mol. The second-order valence-corrected chi connectivity index (χ2v) is 25.2. The molecule has 5 heterocycles. The number of terminal acetylenes is 4. The van der Waals surface area contributed by atoms with Crippen molar-refractivity contribution in [3.05, 3.63) is 160 Å². The third-order valence-electron chi connectivity index (χ3n) is 11.6. The van der Waals surface area contributed by atoms with Crippen LogP contribution >= 0.6 is 84.6 Å². The number of aromatic amines is 1. The Morgan fingerprint density at radius 2 is 1.34 bits per heavy atom. The summed E-state index contributed by atoms with van der Waals surface area (Å²) >= 11 is 18.6. The average molecular weight is 1400 g/mol. The second-order valence-electron chi connectivity index (χ2n) is 16.9. The van der Waals surface area contributed by atoms with Crippen molar-refractivity contribution in [2.75, 3.05) is 40.4 Å². The second kappa shape index (κ2) is 40.3. The summed E-state index contributed by atoms with van der Waals surface area (Å²) in [6.07, 6.45) is 27.9. The molecule has 443 valence electrons. The number of aliphatic carboxylic acids is 1. The summed E-state index contributed by atoms with van der Waals surface area (Å²) < 4.78 is 10.1. The number of hydrogen-bond donors (Lipinski definition) is 2. The first-order valence-corrected chi connectivity index (χ1v) is 31.8. The van der Waals surface area contributed by atoms with Gasteiger partial charge in [0.2, 0.25) is 5.12 Å². The van der Waals surface area contributed by atoms with E-state index < -0.39 is 49.7 Å². The number of aromatic nitrogens is 2. The van der Waals surface area contributed by atoms with Crippen molar-refractivity contribution in [2.45, 2.75) is 47.4 Å². The Morgan fingerprint density at radius 3 is 1.83 bits per heavy atom. The van der Waals surface area contributed by atoms with Gasteiger partial charge in [0.25, 0.3) is 0 Å². The van der Waals surface area contributed by atoms with E-state index in [1.807, 2.05) is 28.0 Å². The van der Waals surface area contributed by atoms with Crippen LogP contribution in [-0.4, -0.2) is 109 Å². The molecule has 0 bridgehead atoms. The van der Waals surface area contributed by atoms with Gasteiger partial charge < -0.3 is 19.6 Å². The normalized spacial score (nSPS) is 15.6. The number of carboxylic acids is 1. The van der Waals surface area contributed by atoms with Gasteiger partial charge in [-0.15, -0.1) is 37.5 Å². The SMILES string of the molecule is C#CC#C[C-](P(C#CC)C#CC#C)P(C#CC#C)C#CC#C.COC(=O)[C@H](c1ccccc1Cl)N1CCC(SSc2ncccc2[N+](=O)[O-])/C(=C\C(=O)O)C1.COC(=O)[C@H](c1ccccc1Cl)N1CCC2SC(=O)C=C2C1.O=[N+]([O-])c1ccc[nH]c1=S.[Y]. The number of hydrogen-bond acceptors (Lipinski definition) is 17. The van der Waals surface area contributed by atoms with Crippen LogP contribution in [-0.2, 0) is 61.4 Å². The standard InChI is InChI=1S/C21H20ClN3O6S2.C20H7P2.C16H16ClNO3S.C5H4N2O2S.Y/c1-31-21(28)19(14-5-2-3-6-15(14)22)24-10-8-17(13(12-24)11-18(26)27)32-33-20-16(25(29)30)7-4-9-23-20;1-6-11-15-20(21(16-10-5)17-12-7-2)22(18-13-8-3)19-14-9-4;1-21-16(20)15(11-4-2-3-5-12(11)17)18-7-6-13-10(9-18)8-14(19)22-13;8-7(9)4-2-1-3-6-5(4)10;/h2-7,9,11,17,19H,8,10,12H2,1H3,(H,26,27);1-4H,5H3;2-5,8,13,15H,6-7,9H2,1H3;1-3H,(H,6,10);/q;-1;;;/b13-11-;;;;/t17?,19-;;13?,15-;;/m0.0../s1. The van der Waals surface area contributed by atoms with Gasteiger partial charge in [-0.3, -0.25) is 40.7 Å². The molecule has 5 atom stereocenters. The minimum Gasteiger partial charge on any atom is -0.478 e. The molecule has 0 amide bonds. The molecule has 0 spiro atoms. The van der Waals surface area contributed by atoms with Crippen molar-refractivity contribution in [1.29, 1.82) is 0 Å². The van der Waals surface area contributed by atoms with Crippen LogP contribution in [0.15, 0.2) is 114 Å². The fraction of sp³-hybridized carbons (Fsp3) is 0.210. The number of esters is 2. The Labute approximate surface area is 565 Å². The van der Waals surface area contributed by atoms with Gasteiger partial charge in [0.05, 0.1) is 24.1 Å². The van der Waals surface area contributed by atoms with Crippen LogP contribution in [0.25, 0.3) is 0 Å². The number of rotatable bonds is 14. The number of nitrogens with one attached hydrogen (secondary N) is 1. The van der Waals surface area contributed by atoms with E-state index in [0.717, 1.165) is 41.0 Å². The molecule has 2 fully saturated rings. The molecule has 2 aromatic carbocycles. The zero-order valence-electron chi connectivity index (χ0n) is 46.7. The Hall–Kier alpha value is -7.26. The van der Waals surface area contributed by atoms with Gasteiger partial charge in [0.1, 0.15) is 12.1 Å². The van der Waals surface area contributed by atoms with Gasteiger partial charge in [0, 0.05) is 126 Å². The summed E-state index contributed by atoms with van der Waals surface area (Å²) in [4.78, 5) is 78.9. The van der Waals surface area contributed by atoms with Crippen molar-refractivity contribution >= 4 is 119 Å². The molecule has 1 radical (unpaired) electrons. The third-order valence-corrected chi connectivity index (χ3v) is 20.3. The van der Waals surface area contributed by atoms with Crippen LogP contribution in [0, 0.1) is 138 Å². The zero-order valence-corrected chi connectivity index (χ0v) is 56.1. The van der Waals surface area contributed by atoms with E-state index in [0.29, 0.717) is 46.1 Å². The molecular weight excluding hydrogens is 1350 g/mol. The molecule has 88 heavy (non-hydrogen) atoms.